The van der Waals surface area contributed by atoms with Crippen LogP contribution < -0.4 is 10.6 Å². The highest BCUT2D eigenvalue weighted by Crippen LogP contribution is 2.32. The minimum atomic E-state index is -0.318. The second-order valence-corrected chi connectivity index (χ2v) is 5.32. The molecule has 2 aliphatic rings. The van der Waals surface area contributed by atoms with E-state index in [1.807, 2.05) is 6.92 Å². The van der Waals surface area contributed by atoms with Crippen LogP contribution in [0.25, 0.3) is 0 Å². The molecule has 1 heterocycles. The summed E-state index contributed by atoms with van der Waals surface area (Å²) in [6, 6.07) is 0.359. The molecule has 2 fully saturated rings. The van der Waals surface area contributed by atoms with Crippen molar-refractivity contribution >= 4 is 18.3 Å². The maximum Gasteiger partial charge on any atom is 0.240 e. The normalized spacial score (nSPS) is 31.4. The van der Waals surface area contributed by atoms with Crippen molar-refractivity contribution in [3.63, 3.8) is 0 Å². The molecule has 3 nitrogen and oxygen atoms in total. The molecule has 1 aliphatic heterocycles. The molecule has 1 saturated heterocycles. The summed E-state index contributed by atoms with van der Waals surface area (Å²) in [5.41, 5.74) is -0.318. The minimum Gasteiger partial charge on any atom is -0.352 e. The third-order valence-electron chi connectivity index (χ3n) is 3.81. The van der Waals surface area contributed by atoms with E-state index in [2.05, 4.69) is 17.6 Å². The summed E-state index contributed by atoms with van der Waals surface area (Å²) in [4.78, 5) is 12.1. The molecule has 2 rings (SSSR count). The summed E-state index contributed by atoms with van der Waals surface area (Å²) in [5, 5.41) is 6.50. The molecule has 16 heavy (non-hydrogen) atoms. The minimum absolute atomic E-state index is 0. The monoisotopic (exact) mass is 246 g/mol. The highest BCUT2D eigenvalue weighted by molar-refractivity contribution is 5.86. The SMILES string of the molecule is CC(NC(=O)C1(C)CCCCN1)C1CC1.Cl. The van der Waals surface area contributed by atoms with E-state index in [0.717, 1.165) is 25.3 Å². The number of carbonyl (C=O) groups is 1. The molecule has 0 aromatic heterocycles. The number of rotatable bonds is 3. The Balaban J connectivity index is 0.00000128. The average molecular weight is 247 g/mol. The zero-order chi connectivity index (χ0) is 10.9. The lowest BCUT2D eigenvalue weighted by molar-refractivity contribution is -0.128. The lowest BCUT2D eigenvalue weighted by Gasteiger charge is -2.34. The molecular weight excluding hydrogens is 224 g/mol. The summed E-state index contributed by atoms with van der Waals surface area (Å²) in [6.45, 7) is 5.13. The highest BCUT2D eigenvalue weighted by Gasteiger charge is 2.37. The quantitative estimate of drug-likeness (QED) is 0.798. The first kappa shape index (κ1) is 13.8. The second kappa shape index (κ2) is 5.37. The fourth-order valence-corrected chi connectivity index (χ4v) is 2.33. The Morgan fingerprint density at radius 2 is 2.12 bits per heavy atom. The van der Waals surface area contributed by atoms with Gasteiger partial charge in [0.25, 0.3) is 0 Å². The summed E-state index contributed by atoms with van der Waals surface area (Å²) >= 11 is 0. The van der Waals surface area contributed by atoms with Crippen molar-refractivity contribution in [3.05, 3.63) is 0 Å². The Morgan fingerprint density at radius 1 is 1.44 bits per heavy atom. The topological polar surface area (TPSA) is 41.1 Å². The van der Waals surface area contributed by atoms with Crippen molar-refractivity contribution in [2.75, 3.05) is 6.54 Å². The molecule has 0 aromatic carbocycles. The van der Waals surface area contributed by atoms with Crippen molar-refractivity contribution < 1.29 is 4.79 Å². The van der Waals surface area contributed by atoms with Crippen LogP contribution in [0.5, 0.6) is 0 Å². The first-order valence-electron chi connectivity index (χ1n) is 6.18. The van der Waals surface area contributed by atoms with Gasteiger partial charge in [-0.25, -0.2) is 0 Å². The molecule has 0 aromatic rings. The van der Waals surface area contributed by atoms with E-state index in [4.69, 9.17) is 0 Å². The maximum absolute atomic E-state index is 12.1. The van der Waals surface area contributed by atoms with Gasteiger partial charge in [-0.15, -0.1) is 12.4 Å². The Bertz CT molecular complexity index is 247. The van der Waals surface area contributed by atoms with E-state index in [-0.39, 0.29) is 23.9 Å². The summed E-state index contributed by atoms with van der Waals surface area (Å²) < 4.78 is 0. The van der Waals surface area contributed by atoms with Crippen molar-refractivity contribution in [1.29, 1.82) is 0 Å². The Hall–Kier alpha value is -0.280. The number of hydrogen-bond acceptors (Lipinski definition) is 2. The molecule has 2 unspecified atom stereocenters. The third kappa shape index (κ3) is 3.11. The molecule has 1 saturated carbocycles. The highest BCUT2D eigenvalue weighted by atomic mass is 35.5. The molecule has 2 N–H and O–H groups in total. The van der Waals surface area contributed by atoms with E-state index in [1.54, 1.807) is 0 Å². The van der Waals surface area contributed by atoms with Crippen molar-refractivity contribution in [2.24, 2.45) is 5.92 Å². The standard InChI is InChI=1S/C12H22N2O.ClH/c1-9(10-5-6-10)14-11(15)12(2)7-3-4-8-13-12;/h9-10,13H,3-8H2,1-2H3,(H,14,15);1H. The third-order valence-corrected chi connectivity index (χ3v) is 3.81. The molecular formula is C12H23ClN2O. The Kier molecular flexibility index (Phi) is 4.62. The maximum atomic E-state index is 12.1. The second-order valence-electron chi connectivity index (χ2n) is 5.32. The predicted octanol–water partition coefficient (Wildman–Crippen LogP) is 1.86. The van der Waals surface area contributed by atoms with Gasteiger partial charge in [-0.2, -0.15) is 0 Å². The van der Waals surface area contributed by atoms with Gasteiger partial charge in [-0.05, 0) is 58.4 Å². The Labute approximate surface area is 104 Å². The molecule has 0 radical (unpaired) electrons. The van der Waals surface area contributed by atoms with E-state index in [1.165, 1.54) is 19.3 Å². The molecule has 1 aliphatic carbocycles. The molecule has 1 amide bonds. The van der Waals surface area contributed by atoms with Crippen LogP contribution in [-0.4, -0.2) is 24.0 Å². The number of nitrogens with one attached hydrogen (secondary N) is 2. The number of piperidine rings is 1. The number of halogens is 1. The van der Waals surface area contributed by atoms with Crippen LogP contribution in [0.15, 0.2) is 0 Å². The van der Waals surface area contributed by atoms with E-state index < -0.39 is 0 Å². The van der Waals surface area contributed by atoms with Gasteiger partial charge in [0.05, 0.1) is 5.54 Å². The fraction of sp³-hybridized carbons (Fsp3) is 0.917. The van der Waals surface area contributed by atoms with Gasteiger partial charge in [0.2, 0.25) is 5.91 Å². The fourth-order valence-electron chi connectivity index (χ4n) is 2.33. The predicted molar refractivity (Wildman–Crippen MR) is 67.8 cm³/mol. The number of amides is 1. The zero-order valence-electron chi connectivity index (χ0n) is 10.2. The van der Waals surface area contributed by atoms with Gasteiger partial charge in [-0.1, -0.05) is 0 Å². The first-order chi connectivity index (χ1) is 7.12. The van der Waals surface area contributed by atoms with Crippen LogP contribution in [0.3, 0.4) is 0 Å². The van der Waals surface area contributed by atoms with Crippen molar-refractivity contribution in [1.82, 2.24) is 10.6 Å². The van der Waals surface area contributed by atoms with Gasteiger partial charge in [0.15, 0.2) is 0 Å². The molecule has 4 heteroatoms. The lowest BCUT2D eigenvalue weighted by atomic mass is 9.89. The summed E-state index contributed by atoms with van der Waals surface area (Å²) in [6.07, 6.45) is 5.89. The van der Waals surface area contributed by atoms with Gasteiger partial charge < -0.3 is 10.6 Å². The van der Waals surface area contributed by atoms with E-state index >= 15 is 0 Å². The van der Waals surface area contributed by atoms with Crippen LogP contribution in [-0.2, 0) is 4.79 Å². The van der Waals surface area contributed by atoms with Crippen LogP contribution in [0.4, 0.5) is 0 Å². The molecule has 0 bridgehead atoms. The average Bonchev–Trinajstić information content (AvgIpc) is 3.01. The number of hydrogen-bond donors (Lipinski definition) is 2. The molecule has 0 spiro atoms. The first-order valence-corrected chi connectivity index (χ1v) is 6.18. The van der Waals surface area contributed by atoms with Gasteiger partial charge in [0.1, 0.15) is 0 Å². The zero-order valence-corrected chi connectivity index (χ0v) is 11.0. The Morgan fingerprint density at radius 3 is 2.62 bits per heavy atom. The number of carbonyl (C=O) groups excluding carboxylic acids is 1. The van der Waals surface area contributed by atoms with Crippen LogP contribution >= 0.6 is 12.4 Å². The van der Waals surface area contributed by atoms with Gasteiger partial charge >= 0.3 is 0 Å². The lowest BCUT2D eigenvalue weighted by Crippen LogP contribution is -2.58. The van der Waals surface area contributed by atoms with E-state index in [9.17, 15) is 4.79 Å². The van der Waals surface area contributed by atoms with Crippen LogP contribution in [0.2, 0.25) is 0 Å². The van der Waals surface area contributed by atoms with Gasteiger partial charge in [0, 0.05) is 6.04 Å². The van der Waals surface area contributed by atoms with Crippen LogP contribution in [0, 0.1) is 5.92 Å². The summed E-state index contributed by atoms with van der Waals surface area (Å²) in [7, 11) is 0. The van der Waals surface area contributed by atoms with Crippen molar-refractivity contribution in [3.8, 4) is 0 Å². The molecule has 94 valence electrons. The van der Waals surface area contributed by atoms with E-state index in [0.29, 0.717) is 6.04 Å². The molecule has 2 atom stereocenters. The van der Waals surface area contributed by atoms with Crippen LogP contribution in [0.1, 0.15) is 46.0 Å². The van der Waals surface area contributed by atoms with Crippen molar-refractivity contribution in [2.45, 2.75) is 57.5 Å². The largest absolute Gasteiger partial charge is 0.352 e. The summed E-state index contributed by atoms with van der Waals surface area (Å²) in [5.74, 6) is 0.933. The van der Waals surface area contributed by atoms with Gasteiger partial charge in [-0.3, -0.25) is 4.79 Å². The smallest absolute Gasteiger partial charge is 0.240 e.